The Bertz CT molecular complexity index is 433. The number of benzene rings is 1. The van der Waals surface area contributed by atoms with Gasteiger partial charge in [0.1, 0.15) is 5.82 Å². The van der Waals surface area contributed by atoms with Crippen LogP contribution < -0.4 is 11.1 Å². The van der Waals surface area contributed by atoms with Crippen molar-refractivity contribution in [3.8, 4) is 0 Å². The van der Waals surface area contributed by atoms with E-state index in [0.29, 0.717) is 5.69 Å². The van der Waals surface area contributed by atoms with Crippen molar-refractivity contribution in [1.82, 2.24) is 5.32 Å². The number of halogens is 1. The van der Waals surface area contributed by atoms with Crippen LogP contribution >= 0.6 is 0 Å². The third-order valence-corrected chi connectivity index (χ3v) is 3.30. The second-order valence-corrected chi connectivity index (χ2v) is 4.59. The van der Waals surface area contributed by atoms with Gasteiger partial charge in [-0.2, -0.15) is 0 Å². The van der Waals surface area contributed by atoms with Crippen molar-refractivity contribution in [3.05, 3.63) is 29.6 Å². The van der Waals surface area contributed by atoms with Gasteiger partial charge in [0, 0.05) is 12.2 Å². The van der Waals surface area contributed by atoms with E-state index >= 15 is 0 Å². The number of hydrogen-bond donors (Lipinski definition) is 3. The second-order valence-electron chi connectivity index (χ2n) is 4.59. The lowest BCUT2D eigenvalue weighted by atomic mass is 9.96. The lowest BCUT2D eigenvalue weighted by Crippen LogP contribution is -2.36. The van der Waals surface area contributed by atoms with Crippen molar-refractivity contribution >= 4 is 11.6 Å². The second kappa shape index (κ2) is 7.09. The summed E-state index contributed by atoms with van der Waals surface area (Å²) >= 11 is 0. The van der Waals surface area contributed by atoms with Gasteiger partial charge in [-0.15, -0.1) is 0 Å². The number of amides is 1. The minimum absolute atomic E-state index is 0.100. The third kappa shape index (κ3) is 4.21. The molecule has 0 bridgehead atoms. The van der Waals surface area contributed by atoms with Crippen molar-refractivity contribution in [3.63, 3.8) is 0 Å². The summed E-state index contributed by atoms with van der Waals surface area (Å²) in [6, 6.07) is 3.83. The number of nitrogens with one attached hydrogen (secondary N) is 1. The summed E-state index contributed by atoms with van der Waals surface area (Å²) in [5.41, 5.74) is 5.74. The third-order valence-electron chi connectivity index (χ3n) is 3.30. The van der Waals surface area contributed by atoms with E-state index < -0.39 is 17.8 Å². The standard InChI is InChI=1S/C14H21FN2O2/c1-3-9(4-2)13(18)8-17-14(19)11-7-10(16)5-6-12(11)15/h5-7,9,13,18H,3-4,8,16H2,1-2H3,(H,17,19). The highest BCUT2D eigenvalue weighted by Gasteiger charge is 2.18. The molecule has 0 radical (unpaired) electrons. The highest BCUT2D eigenvalue weighted by Crippen LogP contribution is 2.14. The van der Waals surface area contributed by atoms with E-state index in [9.17, 15) is 14.3 Å². The molecular formula is C14H21FN2O2. The number of anilines is 1. The molecule has 0 heterocycles. The maximum absolute atomic E-state index is 13.5. The van der Waals surface area contributed by atoms with Gasteiger partial charge in [-0.1, -0.05) is 26.7 Å². The Labute approximate surface area is 112 Å². The van der Waals surface area contributed by atoms with Gasteiger partial charge in [0.2, 0.25) is 0 Å². The van der Waals surface area contributed by atoms with Crippen LogP contribution in [0.1, 0.15) is 37.0 Å². The average molecular weight is 268 g/mol. The van der Waals surface area contributed by atoms with E-state index in [4.69, 9.17) is 5.73 Å². The minimum atomic E-state index is -0.622. The number of aliphatic hydroxyl groups excluding tert-OH is 1. The lowest BCUT2D eigenvalue weighted by Gasteiger charge is -2.20. The van der Waals surface area contributed by atoms with Gasteiger partial charge in [0.05, 0.1) is 11.7 Å². The predicted molar refractivity (Wildman–Crippen MR) is 73.2 cm³/mol. The molecule has 4 nitrogen and oxygen atoms in total. The first-order chi connectivity index (χ1) is 8.99. The molecule has 1 amide bonds. The Morgan fingerprint density at radius 1 is 1.42 bits per heavy atom. The summed E-state index contributed by atoms with van der Waals surface area (Å²) in [4.78, 5) is 11.8. The molecule has 0 aliphatic carbocycles. The molecule has 0 aliphatic heterocycles. The Morgan fingerprint density at radius 2 is 2.05 bits per heavy atom. The maximum atomic E-state index is 13.5. The lowest BCUT2D eigenvalue weighted by molar-refractivity contribution is 0.0813. The first kappa shape index (κ1) is 15.4. The molecule has 0 aliphatic rings. The maximum Gasteiger partial charge on any atom is 0.254 e. The van der Waals surface area contributed by atoms with E-state index in [2.05, 4.69) is 5.32 Å². The van der Waals surface area contributed by atoms with Gasteiger partial charge < -0.3 is 16.2 Å². The highest BCUT2D eigenvalue weighted by atomic mass is 19.1. The fourth-order valence-corrected chi connectivity index (χ4v) is 2.01. The Kier molecular flexibility index (Phi) is 5.76. The summed E-state index contributed by atoms with van der Waals surface area (Å²) in [5, 5.41) is 12.4. The summed E-state index contributed by atoms with van der Waals surface area (Å²) in [6.07, 6.45) is 1.04. The zero-order chi connectivity index (χ0) is 14.4. The fraction of sp³-hybridized carbons (Fsp3) is 0.500. The summed E-state index contributed by atoms with van der Waals surface area (Å²) in [6.45, 7) is 4.08. The van der Waals surface area contributed by atoms with Gasteiger partial charge in [0.25, 0.3) is 5.91 Å². The average Bonchev–Trinajstić information content (AvgIpc) is 2.40. The first-order valence-electron chi connectivity index (χ1n) is 6.50. The number of carbonyl (C=O) groups is 1. The molecule has 1 aromatic rings. The Hall–Kier alpha value is -1.62. The molecule has 0 saturated carbocycles. The molecule has 0 saturated heterocycles. The first-order valence-corrected chi connectivity index (χ1v) is 6.50. The number of aliphatic hydroxyl groups is 1. The molecule has 19 heavy (non-hydrogen) atoms. The van der Waals surface area contributed by atoms with Crippen LogP contribution in [0.5, 0.6) is 0 Å². The summed E-state index contributed by atoms with van der Waals surface area (Å²) < 4.78 is 13.5. The van der Waals surface area contributed by atoms with Gasteiger partial charge in [0.15, 0.2) is 0 Å². The van der Waals surface area contributed by atoms with Crippen LogP contribution in [0.15, 0.2) is 18.2 Å². The van der Waals surface area contributed by atoms with Gasteiger partial charge in [-0.3, -0.25) is 4.79 Å². The van der Waals surface area contributed by atoms with Crippen molar-refractivity contribution < 1.29 is 14.3 Å². The van der Waals surface area contributed by atoms with Crippen molar-refractivity contribution in [2.24, 2.45) is 5.92 Å². The quantitative estimate of drug-likeness (QED) is 0.690. The van der Waals surface area contributed by atoms with Gasteiger partial charge >= 0.3 is 0 Å². The topological polar surface area (TPSA) is 75.3 Å². The van der Waals surface area contributed by atoms with E-state index in [1.807, 2.05) is 13.8 Å². The van der Waals surface area contributed by atoms with Gasteiger partial charge in [-0.25, -0.2) is 4.39 Å². The summed E-state index contributed by atoms with van der Waals surface area (Å²) in [7, 11) is 0. The SMILES string of the molecule is CCC(CC)C(O)CNC(=O)c1cc(N)ccc1F. The van der Waals surface area contributed by atoms with E-state index in [-0.39, 0.29) is 18.0 Å². The summed E-state index contributed by atoms with van der Waals surface area (Å²) in [5.74, 6) is -1.05. The molecule has 0 spiro atoms. The molecule has 1 atom stereocenters. The molecule has 1 rings (SSSR count). The highest BCUT2D eigenvalue weighted by molar-refractivity contribution is 5.95. The Morgan fingerprint density at radius 3 is 2.63 bits per heavy atom. The van der Waals surface area contributed by atoms with Gasteiger partial charge in [-0.05, 0) is 24.1 Å². The smallest absolute Gasteiger partial charge is 0.254 e. The largest absolute Gasteiger partial charge is 0.399 e. The predicted octanol–water partition coefficient (Wildman–Crippen LogP) is 1.93. The Balaban J connectivity index is 2.63. The zero-order valence-electron chi connectivity index (χ0n) is 11.3. The van der Waals surface area contributed by atoms with E-state index in [1.165, 1.54) is 12.1 Å². The number of carbonyl (C=O) groups excluding carboxylic acids is 1. The monoisotopic (exact) mass is 268 g/mol. The van der Waals surface area contributed by atoms with Crippen molar-refractivity contribution in [2.45, 2.75) is 32.8 Å². The van der Waals surface area contributed by atoms with Crippen LogP contribution in [0.4, 0.5) is 10.1 Å². The van der Waals surface area contributed by atoms with Crippen molar-refractivity contribution in [1.29, 1.82) is 0 Å². The number of rotatable bonds is 6. The molecule has 4 N–H and O–H groups in total. The van der Waals surface area contributed by atoms with E-state index in [1.54, 1.807) is 0 Å². The van der Waals surface area contributed by atoms with Crippen LogP contribution in [0.25, 0.3) is 0 Å². The molecule has 1 unspecified atom stereocenters. The zero-order valence-corrected chi connectivity index (χ0v) is 11.3. The van der Waals surface area contributed by atoms with Crippen LogP contribution in [0.2, 0.25) is 0 Å². The molecular weight excluding hydrogens is 247 g/mol. The molecule has 0 aromatic heterocycles. The molecule has 1 aromatic carbocycles. The van der Waals surface area contributed by atoms with Crippen molar-refractivity contribution in [2.75, 3.05) is 12.3 Å². The molecule has 0 fully saturated rings. The number of nitrogens with two attached hydrogens (primary N) is 1. The normalized spacial score (nSPS) is 12.5. The molecule has 106 valence electrons. The number of nitrogen functional groups attached to an aromatic ring is 1. The fourth-order valence-electron chi connectivity index (χ4n) is 2.01. The van der Waals surface area contributed by atoms with E-state index in [0.717, 1.165) is 18.9 Å². The van der Waals surface area contributed by atoms with Crippen LogP contribution in [0.3, 0.4) is 0 Å². The van der Waals surface area contributed by atoms with Crippen LogP contribution in [-0.2, 0) is 0 Å². The van der Waals surface area contributed by atoms with Crippen LogP contribution in [-0.4, -0.2) is 23.7 Å². The molecule has 5 heteroatoms. The number of hydrogen-bond acceptors (Lipinski definition) is 3. The minimum Gasteiger partial charge on any atom is -0.399 e. The van der Waals surface area contributed by atoms with Crippen LogP contribution in [0, 0.1) is 11.7 Å².